The van der Waals surface area contributed by atoms with Gasteiger partial charge in [0.2, 0.25) is 0 Å². The van der Waals surface area contributed by atoms with Crippen molar-refractivity contribution in [2.45, 2.75) is 19.4 Å². The van der Waals surface area contributed by atoms with Crippen molar-refractivity contribution in [3.63, 3.8) is 0 Å². The van der Waals surface area contributed by atoms with E-state index in [2.05, 4.69) is 28.2 Å². The van der Waals surface area contributed by atoms with Crippen LogP contribution < -0.4 is 20.7 Å². The van der Waals surface area contributed by atoms with Crippen LogP contribution in [0.1, 0.15) is 13.3 Å². The monoisotopic (exact) mass is 347 g/mol. The number of nitrogens with one attached hydrogen (secondary N) is 1. The summed E-state index contributed by atoms with van der Waals surface area (Å²) in [5.41, 5.74) is 7.74. The molecule has 2 saturated heterocycles. The molecule has 2 aliphatic heterocycles. The number of urea groups is 1. The number of carbonyl (C=O) groups excluding carboxylic acids is 1. The number of ether oxygens (including phenoxy) is 1. The van der Waals surface area contributed by atoms with E-state index in [9.17, 15) is 4.79 Å². The zero-order valence-electron chi connectivity index (χ0n) is 15.2. The molecule has 138 valence electrons. The average molecular weight is 347 g/mol. The molecular formula is C18H29N5O2. The van der Waals surface area contributed by atoms with Crippen LogP contribution in [0.5, 0.6) is 5.75 Å². The largest absolute Gasteiger partial charge is 0.492 e. The second-order valence-electron chi connectivity index (χ2n) is 6.83. The van der Waals surface area contributed by atoms with Gasteiger partial charge in [0.15, 0.2) is 0 Å². The number of piperazine rings is 1. The summed E-state index contributed by atoms with van der Waals surface area (Å²) in [5.74, 6) is 0.718. The van der Waals surface area contributed by atoms with Crippen LogP contribution in [0.25, 0.3) is 0 Å². The van der Waals surface area contributed by atoms with Crippen LogP contribution in [0.3, 0.4) is 0 Å². The molecule has 3 N–H and O–H groups in total. The maximum Gasteiger partial charge on any atom is 0.322 e. The Balaban J connectivity index is 1.71. The van der Waals surface area contributed by atoms with Gasteiger partial charge < -0.3 is 30.5 Å². The predicted molar refractivity (Wildman–Crippen MR) is 101 cm³/mol. The highest BCUT2D eigenvalue weighted by molar-refractivity contribution is 5.91. The Morgan fingerprint density at radius 1 is 1.28 bits per heavy atom. The molecule has 3 rings (SSSR count). The van der Waals surface area contributed by atoms with Crippen molar-refractivity contribution < 1.29 is 9.53 Å². The van der Waals surface area contributed by atoms with Gasteiger partial charge in [-0.25, -0.2) is 4.79 Å². The molecule has 0 bridgehead atoms. The summed E-state index contributed by atoms with van der Waals surface area (Å²) in [5, 5.41) is 2.97. The van der Waals surface area contributed by atoms with E-state index in [-0.39, 0.29) is 12.1 Å². The van der Waals surface area contributed by atoms with E-state index < -0.39 is 0 Å². The van der Waals surface area contributed by atoms with Crippen LogP contribution in [-0.4, -0.2) is 74.8 Å². The van der Waals surface area contributed by atoms with Crippen molar-refractivity contribution in [3.05, 3.63) is 18.2 Å². The summed E-state index contributed by atoms with van der Waals surface area (Å²) in [6.45, 7) is 7.93. The van der Waals surface area contributed by atoms with Gasteiger partial charge in [0, 0.05) is 57.1 Å². The summed E-state index contributed by atoms with van der Waals surface area (Å²) in [6, 6.07) is 5.99. The molecule has 1 atom stereocenters. The molecule has 25 heavy (non-hydrogen) atoms. The number of rotatable bonds is 4. The summed E-state index contributed by atoms with van der Waals surface area (Å²) in [7, 11) is 2.14. The molecule has 0 spiro atoms. The van der Waals surface area contributed by atoms with Gasteiger partial charge in [0.1, 0.15) is 5.75 Å². The fourth-order valence-electron chi connectivity index (χ4n) is 3.32. The third kappa shape index (κ3) is 4.35. The number of hydrogen-bond acceptors (Lipinski definition) is 5. The molecule has 0 saturated carbocycles. The van der Waals surface area contributed by atoms with Crippen LogP contribution >= 0.6 is 0 Å². The van der Waals surface area contributed by atoms with Crippen LogP contribution in [0.4, 0.5) is 16.2 Å². The molecule has 0 unspecified atom stereocenters. The minimum atomic E-state index is -0.110. The summed E-state index contributed by atoms with van der Waals surface area (Å²) in [4.78, 5) is 18.9. The first-order valence-electron chi connectivity index (χ1n) is 9.08. The average Bonchev–Trinajstić information content (AvgIpc) is 3.04. The van der Waals surface area contributed by atoms with E-state index in [1.165, 1.54) is 0 Å². The Bertz CT molecular complexity index is 601. The molecule has 2 aliphatic rings. The van der Waals surface area contributed by atoms with Crippen molar-refractivity contribution in [3.8, 4) is 5.75 Å². The Morgan fingerprint density at radius 3 is 2.68 bits per heavy atom. The Labute approximate surface area is 149 Å². The maximum absolute atomic E-state index is 12.4. The lowest BCUT2D eigenvalue weighted by Gasteiger charge is -2.34. The van der Waals surface area contributed by atoms with Gasteiger partial charge in [-0.05, 0) is 32.5 Å². The zero-order chi connectivity index (χ0) is 17.8. The molecule has 1 aromatic carbocycles. The van der Waals surface area contributed by atoms with Crippen LogP contribution in [0.15, 0.2) is 18.2 Å². The van der Waals surface area contributed by atoms with Gasteiger partial charge in [0.25, 0.3) is 0 Å². The van der Waals surface area contributed by atoms with Crippen LogP contribution in [0, 0.1) is 0 Å². The lowest BCUT2D eigenvalue weighted by atomic mass is 10.2. The highest BCUT2D eigenvalue weighted by Gasteiger charge is 2.24. The highest BCUT2D eigenvalue weighted by atomic mass is 16.5. The Hall–Kier alpha value is -1.99. The number of likely N-dealkylation sites (N-methyl/N-ethyl adjacent to an activating group) is 1. The second-order valence-corrected chi connectivity index (χ2v) is 6.83. The first-order valence-corrected chi connectivity index (χ1v) is 9.08. The molecule has 7 nitrogen and oxygen atoms in total. The van der Waals surface area contributed by atoms with E-state index >= 15 is 0 Å². The number of benzene rings is 1. The van der Waals surface area contributed by atoms with Crippen molar-refractivity contribution >= 4 is 17.4 Å². The molecule has 7 heteroatoms. The van der Waals surface area contributed by atoms with E-state index in [4.69, 9.17) is 10.5 Å². The van der Waals surface area contributed by atoms with Gasteiger partial charge in [-0.2, -0.15) is 0 Å². The fraction of sp³-hybridized carbons (Fsp3) is 0.611. The Morgan fingerprint density at radius 2 is 2.04 bits per heavy atom. The highest BCUT2D eigenvalue weighted by Crippen LogP contribution is 2.31. The maximum atomic E-state index is 12.4. The van der Waals surface area contributed by atoms with Gasteiger partial charge in [-0.15, -0.1) is 0 Å². The lowest BCUT2D eigenvalue weighted by molar-refractivity contribution is 0.222. The smallest absolute Gasteiger partial charge is 0.322 e. The van der Waals surface area contributed by atoms with Gasteiger partial charge >= 0.3 is 6.03 Å². The summed E-state index contributed by atoms with van der Waals surface area (Å²) in [6.07, 6.45) is 0.855. The minimum Gasteiger partial charge on any atom is -0.492 e. The van der Waals surface area contributed by atoms with Gasteiger partial charge in [-0.3, -0.25) is 0 Å². The predicted octanol–water partition coefficient (Wildman–Crippen LogP) is 1.40. The van der Waals surface area contributed by atoms with Crippen molar-refractivity contribution in [2.75, 3.05) is 63.1 Å². The second kappa shape index (κ2) is 7.93. The van der Waals surface area contributed by atoms with Crippen LogP contribution in [0.2, 0.25) is 0 Å². The number of carbonyl (C=O) groups is 1. The number of amides is 2. The SMILES string of the molecule is CCOc1cc(N2CCN(C)CC2)ccc1NC(=O)N1CC[C@@H](N)C1. The van der Waals surface area contributed by atoms with E-state index in [0.717, 1.165) is 44.0 Å². The van der Waals surface area contributed by atoms with Gasteiger partial charge in [0.05, 0.1) is 12.3 Å². The van der Waals surface area contributed by atoms with Crippen LogP contribution in [-0.2, 0) is 0 Å². The number of anilines is 2. The molecule has 2 fully saturated rings. The van der Waals surface area contributed by atoms with E-state index in [1.807, 2.05) is 19.1 Å². The number of likely N-dealkylation sites (tertiary alicyclic amines) is 1. The van der Waals surface area contributed by atoms with Crippen molar-refractivity contribution in [1.82, 2.24) is 9.80 Å². The zero-order valence-corrected chi connectivity index (χ0v) is 15.2. The number of nitrogens with two attached hydrogens (primary N) is 1. The molecule has 1 aromatic rings. The summed E-state index contributed by atoms with van der Waals surface area (Å²) >= 11 is 0. The molecular weight excluding hydrogens is 318 g/mol. The lowest BCUT2D eigenvalue weighted by Crippen LogP contribution is -2.44. The third-order valence-electron chi connectivity index (χ3n) is 4.89. The third-order valence-corrected chi connectivity index (χ3v) is 4.89. The molecule has 2 heterocycles. The summed E-state index contributed by atoms with van der Waals surface area (Å²) < 4.78 is 5.78. The minimum absolute atomic E-state index is 0.0803. The fourth-order valence-corrected chi connectivity index (χ4v) is 3.32. The first kappa shape index (κ1) is 17.8. The first-order chi connectivity index (χ1) is 12.1. The molecule has 2 amide bonds. The van der Waals surface area contributed by atoms with Crippen molar-refractivity contribution in [1.29, 1.82) is 0 Å². The topological polar surface area (TPSA) is 74.1 Å². The molecule has 0 aliphatic carbocycles. The molecule has 0 radical (unpaired) electrons. The molecule has 0 aromatic heterocycles. The van der Waals surface area contributed by atoms with E-state index in [1.54, 1.807) is 4.90 Å². The number of nitrogens with zero attached hydrogens (tertiary/aromatic N) is 3. The van der Waals surface area contributed by atoms with E-state index in [0.29, 0.717) is 25.4 Å². The number of hydrogen-bond donors (Lipinski definition) is 2. The standard InChI is InChI=1S/C18H29N5O2/c1-3-25-17-12-15(22-10-8-21(2)9-11-22)4-5-16(17)20-18(24)23-7-6-14(19)13-23/h4-5,12,14H,3,6-11,13,19H2,1-2H3,(H,20,24)/t14-/m1/s1. The van der Waals surface area contributed by atoms with Gasteiger partial charge in [-0.1, -0.05) is 0 Å². The quantitative estimate of drug-likeness (QED) is 0.861. The normalized spacial score (nSPS) is 21.5. The van der Waals surface area contributed by atoms with Crippen molar-refractivity contribution in [2.24, 2.45) is 5.73 Å². The Kier molecular flexibility index (Phi) is 5.65.